The monoisotopic (exact) mass is 690 g/mol. The molecule has 0 radical (unpaired) electrons. The van der Waals surface area contributed by atoms with Crippen molar-refractivity contribution in [2.45, 2.75) is 5.41 Å². The quantitative estimate of drug-likeness (QED) is 0.184. The second kappa shape index (κ2) is 11.9. The van der Waals surface area contributed by atoms with Crippen molar-refractivity contribution >= 4 is 10.8 Å². The Bertz CT molecular complexity index is 2870. The molecule has 1 aliphatic heterocycles. The Morgan fingerprint density at radius 1 is 0.389 bits per heavy atom. The molecule has 5 nitrogen and oxygen atoms in total. The molecule has 0 unspecified atom stereocenters. The van der Waals surface area contributed by atoms with Gasteiger partial charge in [0.25, 0.3) is 0 Å². The lowest BCUT2D eigenvalue weighted by atomic mass is 9.66. The van der Waals surface area contributed by atoms with Gasteiger partial charge < -0.3 is 4.74 Å². The molecule has 54 heavy (non-hydrogen) atoms. The maximum Gasteiger partial charge on any atom is 0.164 e. The van der Waals surface area contributed by atoms with Crippen molar-refractivity contribution in [2.24, 2.45) is 0 Å². The van der Waals surface area contributed by atoms with Crippen LogP contribution in [0.25, 0.3) is 67.3 Å². The highest BCUT2D eigenvalue weighted by Crippen LogP contribution is 2.62. The largest absolute Gasteiger partial charge is 0.457 e. The highest BCUT2D eigenvalue weighted by Gasteiger charge is 2.51. The van der Waals surface area contributed by atoms with Gasteiger partial charge in [-0.1, -0.05) is 140 Å². The molecule has 3 heterocycles. The third-order valence-corrected chi connectivity index (χ3v) is 10.9. The Balaban J connectivity index is 1.18. The smallest absolute Gasteiger partial charge is 0.164 e. The Hall–Kier alpha value is -7.24. The fourth-order valence-electron chi connectivity index (χ4n) is 8.50. The van der Waals surface area contributed by atoms with Crippen LogP contribution in [0.2, 0.25) is 0 Å². The Morgan fingerprint density at radius 2 is 0.981 bits per heavy atom. The van der Waals surface area contributed by atoms with Crippen molar-refractivity contribution in [3.05, 3.63) is 204 Å². The molecule has 1 aliphatic carbocycles. The van der Waals surface area contributed by atoms with Gasteiger partial charge in [-0.15, -0.1) is 0 Å². The van der Waals surface area contributed by atoms with Gasteiger partial charge in [-0.2, -0.15) is 0 Å². The lowest BCUT2D eigenvalue weighted by molar-refractivity contribution is 0.436. The number of ether oxygens (including phenoxy) is 1. The Labute approximate surface area is 312 Å². The maximum absolute atomic E-state index is 6.58. The van der Waals surface area contributed by atoms with E-state index in [0.29, 0.717) is 17.5 Å². The number of fused-ring (bicyclic) bond motifs is 10. The first kappa shape index (κ1) is 30.4. The van der Waals surface area contributed by atoms with E-state index in [1.807, 2.05) is 60.8 Å². The van der Waals surface area contributed by atoms with Gasteiger partial charge in [-0.25, -0.2) is 15.0 Å². The summed E-state index contributed by atoms with van der Waals surface area (Å²) in [6, 6.07) is 61.2. The minimum atomic E-state index is -0.598. The summed E-state index contributed by atoms with van der Waals surface area (Å²) in [5.41, 5.74) is 11.1. The maximum atomic E-state index is 6.58. The van der Waals surface area contributed by atoms with Crippen molar-refractivity contribution in [3.63, 3.8) is 0 Å². The summed E-state index contributed by atoms with van der Waals surface area (Å²) < 4.78 is 6.58. The fourth-order valence-corrected chi connectivity index (χ4v) is 8.50. The Morgan fingerprint density at radius 3 is 1.72 bits per heavy atom. The zero-order chi connectivity index (χ0) is 35.6. The van der Waals surface area contributed by atoms with E-state index in [0.717, 1.165) is 72.5 Å². The number of hydrogen-bond acceptors (Lipinski definition) is 5. The first-order chi connectivity index (χ1) is 26.8. The first-order valence-electron chi connectivity index (χ1n) is 18.1. The lowest BCUT2D eigenvalue weighted by Crippen LogP contribution is -2.32. The van der Waals surface area contributed by atoms with Crippen molar-refractivity contribution < 1.29 is 4.74 Å². The first-order valence-corrected chi connectivity index (χ1v) is 18.1. The SMILES string of the molecule is c1ccc(-c2nc(-c3ccc4c(c3)-c3cc(-c5ccccn5)ccc3C43c4ccccc4Oc4ccccc43)nc(-c3cccc4ccccc34)n2)cc1. The van der Waals surface area contributed by atoms with Crippen LogP contribution in [0.1, 0.15) is 22.3 Å². The topological polar surface area (TPSA) is 60.8 Å². The van der Waals surface area contributed by atoms with E-state index in [1.165, 1.54) is 11.1 Å². The van der Waals surface area contributed by atoms with Gasteiger partial charge in [0.15, 0.2) is 17.5 Å². The number of nitrogens with zero attached hydrogens (tertiary/aromatic N) is 4. The number of rotatable bonds is 4. The summed E-state index contributed by atoms with van der Waals surface area (Å²) in [6.07, 6.45) is 1.85. The summed E-state index contributed by atoms with van der Waals surface area (Å²) in [5, 5.41) is 2.23. The van der Waals surface area contributed by atoms with Crippen LogP contribution in [0.3, 0.4) is 0 Å². The number of aromatic nitrogens is 4. The van der Waals surface area contributed by atoms with Gasteiger partial charge in [0.2, 0.25) is 0 Å². The predicted molar refractivity (Wildman–Crippen MR) is 214 cm³/mol. The fraction of sp³-hybridized carbons (Fsp3) is 0.0204. The van der Waals surface area contributed by atoms with E-state index in [2.05, 4.69) is 121 Å². The van der Waals surface area contributed by atoms with Gasteiger partial charge in [0, 0.05) is 39.6 Å². The van der Waals surface area contributed by atoms with E-state index in [-0.39, 0.29) is 0 Å². The van der Waals surface area contributed by atoms with Crippen LogP contribution in [0.5, 0.6) is 11.5 Å². The molecular weight excluding hydrogens is 661 g/mol. The number of pyridine rings is 1. The minimum Gasteiger partial charge on any atom is -0.457 e. The van der Waals surface area contributed by atoms with Gasteiger partial charge in [-0.3, -0.25) is 4.98 Å². The van der Waals surface area contributed by atoms with E-state index >= 15 is 0 Å². The molecule has 7 aromatic carbocycles. The average molecular weight is 691 g/mol. The molecule has 9 aromatic rings. The molecule has 2 aliphatic rings. The van der Waals surface area contributed by atoms with Crippen molar-refractivity contribution in [1.82, 2.24) is 19.9 Å². The van der Waals surface area contributed by atoms with Gasteiger partial charge >= 0.3 is 0 Å². The van der Waals surface area contributed by atoms with E-state index in [9.17, 15) is 0 Å². The van der Waals surface area contributed by atoms with Gasteiger partial charge in [0.1, 0.15) is 11.5 Å². The molecule has 1 spiro atoms. The molecule has 0 saturated carbocycles. The molecule has 0 N–H and O–H groups in total. The summed E-state index contributed by atoms with van der Waals surface area (Å²) in [7, 11) is 0. The number of hydrogen-bond donors (Lipinski definition) is 0. The standard InChI is InChI=1S/C49H30N4O/c1-2-14-32(15-3-1)46-51-47(53-48(52-46)36-18-12-16-31-13-4-5-17-35(31)36)34-25-27-40-38(30-34)37-29-33(43-21-10-11-28-50-43)24-26-39(37)49(40)41-19-6-8-22-44(41)54-45-23-9-7-20-42(45)49/h1-30H. The molecule has 0 fully saturated rings. The molecule has 0 atom stereocenters. The van der Waals surface area contributed by atoms with Crippen LogP contribution in [0.15, 0.2) is 182 Å². The van der Waals surface area contributed by atoms with E-state index in [4.69, 9.17) is 24.7 Å². The minimum absolute atomic E-state index is 0.598. The number of benzene rings is 7. The van der Waals surface area contributed by atoms with Crippen molar-refractivity contribution in [1.29, 1.82) is 0 Å². The predicted octanol–water partition coefficient (Wildman–Crippen LogP) is 11.6. The molecule has 5 heteroatoms. The molecule has 0 saturated heterocycles. The Kier molecular flexibility index (Phi) is 6.70. The average Bonchev–Trinajstić information content (AvgIpc) is 3.53. The molecule has 2 aromatic heterocycles. The lowest BCUT2D eigenvalue weighted by Gasteiger charge is -2.39. The molecular formula is C49H30N4O. The molecule has 11 rings (SSSR count). The van der Waals surface area contributed by atoms with Gasteiger partial charge in [-0.05, 0) is 69.4 Å². The van der Waals surface area contributed by atoms with Crippen LogP contribution in [-0.4, -0.2) is 19.9 Å². The van der Waals surface area contributed by atoms with Crippen LogP contribution in [0, 0.1) is 0 Å². The summed E-state index contributed by atoms with van der Waals surface area (Å²) in [4.78, 5) is 20.2. The third kappa shape index (κ3) is 4.52. The highest BCUT2D eigenvalue weighted by molar-refractivity contribution is 5.96. The summed E-state index contributed by atoms with van der Waals surface area (Å²) in [5.74, 6) is 3.60. The highest BCUT2D eigenvalue weighted by atomic mass is 16.5. The normalized spacial score (nSPS) is 13.1. The molecule has 252 valence electrons. The zero-order valence-electron chi connectivity index (χ0n) is 29.0. The van der Waals surface area contributed by atoms with Crippen molar-refractivity contribution in [3.8, 4) is 68.0 Å². The molecule has 0 amide bonds. The van der Waals surface area contributed by atoms with Crippen LogP contribution >= 0.6 is 0 Å². The van der Waals surface area contributed by atoms with E-state index in [1.54, 1.807) is 0 Å². The van der Waals surface area contributed by atoms with Crippen molar-refractivity contribution in [2.75, 3.05) is 0 Å². The van der Waals surface area contributed by atoms with Gasteiger partial charge in [0.05, 0.1) is 11.1 Å². The molecule has 0 bridgehead atoms. The zero-order valence-corrected chi connectivity index (χ0v) is 29.0. The third-order valence-electron chi connectivity index (χ3n) is 10.9. The summed E-state index contributed by atoms with van der Waals surface area (Å²) >= 11 is 0. The number of para-hydroxylation sites is 2. The van der Waals surface area contributed by atoms with E-state index < -0.39 is 5.41 Å². The second-order valence-corrected chi connectivity index (χ2v) is 13.8. The summed E-state index contributed by atoms with van der Waals surface area (Å²) in [6.45, 7) is 0. The second-order valence-electron chi connectivity index (χ2n) is 13.8. The van der Waals surface area contributed by atoms with Crippen LogP contribution in [0.4, 0.5) is 0 Å². The van der Waals surface area contributed by atoms with Crippen LogP contribution < -0.4 is 4.74 Å². The van der Waals surface area contributed by atoms with Crippen LogP contribution in [-0.2, 0) is 5.41 Å².